The van der Waals surface area contributed by atoms with Crippen LogP contribution >= 0.6 is 11.3 Å². The molecule has 0 unspecified atom stereocenters. The van der Waals surface area contributed by atoms with Crippen molar-refractivity contribution in [3.63, 3.8) is 0 Å². The minimum Gasteiger partial charge on any atom is -0.378 e. The van der Waals surface area contributed by atoms with Gasteiger partial charge in [0.25, 0.3) is 0 Å². The van der Waals surface area contributed by atoms with Gasteiger partial charge in [-0.25, -0.2) is 19.7 Å². The number of nitrogens with one attached hydrogen (secondary N) is 2. The Morgan fingerprint density at radius 2 is 1.93 bits per heavy atom. The standard InChI is InChI=1S/C19H20N6O2S/c1-13-12-21-16(23-17(13)25-7-9-27-10-8-25)14-2-4-15(5-3-14)22-18(26)24-19-20-6-11-28-19/h2-6,11-12H,7-10H2,1H3,(H2,20,22,24,26). The van der Waals surface area contributed by atoms with Gasteiger partial charge in [-0.1, -0.05) is 0 Å². The maximum atomic E-state index is 12.0. The van der Waals surface area contributed by atoms with Gasteiger partial charge in [-0.2, -0.15) is 0 Å². The van der Waals surface area contributed by atoms with E-state index in [9.17, 15) is 4.79 Å². The van der Waals surface area contributed by atoms with Crippen molar-refractivity contribution < 1.29 is 9.53 Å². The quantitative estimate of drug-likeness (QED) is 0.702. The molecule has 4 rings (SSSR count). The van der Waals surface area contributed by atoms with Gasteiger partial charge in [0.1, 0.15) is 5.82 Å². The van der Waals surface area contributed by atoms with Crippen molar-refractivity contribution in [3.8, 4) is 11.4 Å². The minimum atomic E-state index is -0.330. The molecule has 2 N–H and O–H groups in total. The highest BCUT2D eigenvalue weighted by Crippen LogP contribution is 2.24. The Morgan fingerprint density at radius 1 is 1.14 bits per heavy atom. The molecule has 1 aliphatic heterocycles. The zero-order valence-corrected chi connectivity index (χ0v) is 16.2. The molecule has 1 aliphatic rings. The molecule has 3 heterocycles. The van der Waals surface area contributed by atoms with E-state index < -0.39 is 0 Å². The summed E-state index contributed by atoms with van der Waals surface area (Å²) in [7, 11) is 0. The fourth-order valence-electron chi connectivity index (χ4n) is 2.91. The molecule has 0 spiro atoms. The van der Waals surface area contributed by atoms with Crippen LogP contribution in [0.3, 0.4) is 0 Å². The number of nitrogens with zero attached hydrogens (tertiary/aromatic N) is 4. The lowest BCUT2D eigenvalue weighted by Gasteiger charge is -2.29. The van der Waals surface area contributed by atoms with Gasteiger partial charge >= 0.3 is 6.03 Å². The molecule has 9 heteroatoms. The van der Waals surface area contributed by atoms with Gasteiger partial charge in [-0.05, 0) is 31.2 Å². The molecule has 1 fully saturated rings. The lowest BCUT2D eigenvalue weighted by Crippen LogP contribution is -2.37. The average Bonchev–Trinajstić information content (AvgIpc) is 3.22. The lowest BCUT2D eigenvalue weighted by atomic mass is 10.2. The van der Waals surface area contributed by atoms with Crippen LogP contribution in [-0.2, 0) is 4.74 Å². The topological polar surface area (TPSA) is 92.3 Å². The summed E-state index contributed by atoms with van der Waals surface area (Å²) in [5, 5.41) is 7.82. The van der Waals surface area contributed by atoms with E-state index in [2.05, 4.69) is 25.5 Å². The molecule has 0 saturated carbocycles. The average molecular weight is 396 g/mol. The van der Waals surface area contributed by atoms with Crippen LogP contribution in [0.25, 0.3) is 11.4 Å². The molecule has 0 radical (unpaired) electrons. The van der Waals surface area contributed by atoms with E-state index in [-0.39, 0.29) is 6.03 Å². The van der Waals surface area contributed by atoms with Gasteiger partial charge < -0.3 is 15.0 Å². The molecule has 1 aromatic carbocycles. The summed E-state index contributed by atoms with van der Waals surface area (Å²) in [6, 6.07) is 7.12. The molecule has 0 bridgehead atoms. The molecule has 144 valence electrons. The number of urea groups is 1. The van der Waals surface area contributed by atoms with E-state index in [1.54, 1.807) is 11.6 Å². The zero-order chi connectivity index (χ0) is 19.3. The highest BCUT2D eigenvalue weighted by Gasteiger charge is 2.16. The van der Waals surface area contributed by atoms with Crippen molar-refractivity contribution in [2.24, 2.45) is 0 Å². The van der Waals surface area contributed by atoms with Crippen molar-refractivity contribution in [1.29, 1.82) is 0 Å². The van der Waals surface area contributed by atoms with Crippen LogP contribution in [-0.4, -0.2) is 47.3 Å². The van der Waals surface area contributed by atoms with Crippen LogP contribution in [0.1, 0.15) is 5.56 Å². The summed E-state index contributed by atoms with van der Waals surface area (Å²) in [6.07, 6.45) is 3.49. The number of benzene rings is 1. The van der Waals surface area contributed by atoms with E-state index in [0.29, 0.717) is 29.9 Å². The smallest absolute Gasteiger partial charge is 0.325 e. The summed E-state index contributed by atoms with van der Waals surface area (Å²) < 4.78 is 5.43. The number of thiazole rings is 1. The van der Waals surface area contributed by atoms with Gasteiger partial charge in [0.15, 0.2) is 11.0 Å². The third-order valence-corrected chi connectivity index (χ3v) is 5.00. The first kappa shape index (κ1) is 18.3. The van der Waals surface area contributed by atoms with Crippen LogP contribution < -0.4 is 15.5 Å². The van der Waals surface area contributed by atoms with Crippen molar-refractivity contribution in [1.82, 2.24) is 15.0 Å². The number of aromatic nitrogens is 3. The van der Waals surface area contributed by atoms with Gasteiger partial charge in [0.2, 0.25) is 0 Å². The van der Waals surface area contributed by atoms with E-state index in [1.165, 1.54) is 11.3 Å². The highest BCUT2D eigenvalue weighted by atomic mass is 32.1. The van der Waals surface area contributed by atoms with E-state index >= 15 is 0 Å². The number of hydrogen-bond donors (Lipinski definition) is 2. The summed E-state index contributed by atoms with van der Waals surface area (Å²) in [6.45, 7) is 5.09. The molecule has 2 aromatic heterocycles. The van der Waals surface area contributed by atoms with Crippen LogP contribution in [0.15, 0.2) is 42.0 Å². The third kappa shape index (κ3) is 4.26. The van der Waals surface area contributed by atoms with Crippen molar-refractivity contribution in [2.45, 2.75) is 6.92 Å². The molecule has 3 aromatic rings. The Bertz CT molecular complexity index is 940. The summed E-state index contributed by atoms with van der Waals surface area (Å²) in [5.74, 6) is 1.60. The number of morpholine rings is 1. The second-order valence-electron chi connectivity index (χ2n) is 6.29. The fraction of sp³-hybridized carbons (Fsp3) is 0.263. The molecule has 0 aliphatic carbocycles. The van der Waals surface area contributed by atoms with Gasteiger partial charge in [-0.3, -0.25) is 5.32 Å². The molecule has 1 saturated heterocycles. The monoisotopic (exact) mass is 396 g/mol. The molecule has 0 atom stereocenters. The number of aryl methyl sites for hydroxylation is 1. The molecule has 8 nitrogen and oxygen atoms in total. The predicted octanol–water partition coefficient (Wildman–Crippen LogP) is 3.39. The Kier molecular flexibility index (Phi) is 5.45. The van der Waals surface area contributed by atoms with Gasteiger partial charge in [0, 0.05) is 47.7 Å². The Labute approximate surface area is 166 Å². The second kappa shape index (κ2) is 8.32. The first-order valence-electron chi connectivity index (χ1n) is 8.93. The number of rotatable bonds is 4. The first-order valence-corrected chi connectivity index (χ1v) is 9.81. The molecular formula is C19H20N6O2S. The maximum Gasteiger partial charge on any atom is 0.325 e. The van der Waals surface area contributed by atoms with Crippen LogP contribution in [0.4, 0.5) is 21.4 Å². The Balaban J connectivity index is 1.47. The molecule has 2 amide bonds. The lowest BCUT2D eigenvalue weighted by molar-refractivity contribution is 0.122. The fourth-order valence-corrected chi connectivity index (χ4v) is 3.44. The maximum absolute atomic E-state index is 12.0. The van der Waals surface area contributed by atoms with E-state index in [0.717, 1.165) is 30.0 Å². The Morgan fingerprint density at radius 3 is 2.64 bits per heavy atom. The number of carbonyl (C=O) groups excluding carboxylic acids is 1. The molecule has 28 heavy (non-hydrogen) atoms. The normalized spacial score (nSPS) is 14.0. The number of ether oxygens (including phenoxy) is 1. The van der Waals surface area contributed by atoms with Crippen molar-refractivity contribution in [3.05, 3.63) is 47.6 Å². The number of anilines is 3. The number of hydrogen-bond acceptors (Lipinski definition) is 7. The van der Waals surface area contributed by atoms with Crippen molar-refractivity contribution >= 4 is 34.0 Å². The second-order valence-corrected chi connectivity index (χ2v) is 7.19. The largest absolute Gasteiger partial charge is 0.378 e. The first-order chi connectivity index (χ1) is 13.7. The van der Waals surface area contributed by atoms with Crippen LogP contribution in [0.2, 0.25) is 0 Å². The zero-order valence-electron chi connectivity index (χ0n) is 15.4. The summed E-state index contributed by atoms with van der Waals surface area (Å²) in [5.41, 5.74) is 2.61. The summed E-state index contributed by atoms with van der Waals surface area (Å²) in [4.78, 5) is 27.5. The molecular weight excluding hydrogens is 376 g/mol. The number of amides is 2. The van der Waals surface area contributed by atoms with Gasteiger partial charge in [-0.15, -0.1) is 11.3 Å². The van der Waals surface area contributed by atoms with Crippen LogP contribution in [0, 0.1) is 6.92 Å². The van der Waals surface area contributed by atoms with E-state index in [1.807, 2.05) is 37.4 Å². The van der Waals surface area contributed by atoms with Gasteiger partial charge in [0.05, 0.1) is 13.2 Å². The SMILES string of the molecule is Cc1cnc(-c2ccc(NC(=O)Nc3nccs3)cc2)nc1N1CCOCC1. The van der Waals surface area contributed by atoms with E-state index in [4.69, 9.17) is 9.72 Å². The highest BCUT2D eigenvalue weighted by molar-refractivity contribution is 7.13. The Hall–Kier alpha value is -3.04. The van der Waals surface area contributed by atoms with Crippen LogP contribution in [0.5, 0.6) is 0 Å². The summed E-state index contributed by atoms with van der Waals surface area (Å²) >= 11 is 1.36. The predicted molar refractivity (Wildman–Crippen MR) is 110 cm³/mol. The number of carbonyl (C=O) groups is 1. The van der Waals surface area contributed by atoms with Crippen molar-refractivity contribution in [2.75, 3.05) is 41.8 Å². The third-order valence-electron chi connectivity index (χ3n) is 4.31. The minimum absolute atomic E-state index is 0.330.